The number of nitrogens with zero attached hydrogens (tertiary/aromatic N) is 1. The molecule has 5 heteroatoms. The summed E-state index contributed by atoms with van der Waals surface area (Å²) in [6.45, 7) is 6.04. The molecule has 0 aliphatic rings. The molecule has 2 aromatic rings. The van der Waals surface area contributed by atoms with Gasteiger partial charge in [0.2, 0.25) is 0 Å². The topological polar surface area (TPSA) is 28.7 Å². The van der Waals surface area contributed by atoms with Crippen molar-refractivity contribution in [1.29, 1.82) is 0 Å². The lowest BCUT2D eigenvalue weighted by Gasteiger charge is -2.18. The van der Waals surface area contributed by atoms with Gasteiger partial charge in [-0.3, -0.25) is 0 Å². The number of halogens is 3. The number of fused-ring (bicyclic) bond motifs is 1. The minimum atomic E-state index is -4.32. The second-order valence-electron chi connectivity index (χ2n) is 5.05. The Morgan fingerprint density at radius 2 is 1.89 bits per heavy atom. The lowest BCUT2D eigenvalue weighted by Crippen LogP contribution is -2.17. The van der Waals surface area contributed by atoms with E-state index in [1.165, 1.54) is 6.07 Å². The van der Waals surface area contributed by atoms with Gasteiger partial charge in [0.25, 0.3) is 0 Å². The summed E-state index contributed by atoms with van der Waals surface area (Å²) in [5.74, 6) is 0.722. The van der Waals surface area contributed by atoms with Crippen LogP contribution in [0.5, 0.6) is 0 Å². The van der Waals surface area contributed by atoms with E-state index >= 15 is 0 Å². The maximum atomic E-state index is 12.6. The normalized spacial score (nSPS) is 13.2. The van der Waals surface area contributed by atoms with Gasteiger partial charge >= 0.3 is 6.18 Å². The molecule has 0 spiro atoms. The van der Waals surface area contributed by atoms with Gasteiger partial charge in [-0.1, -0.05) is 20.8 Å². The Balaban J connectivity index is 2.53. The maximum absolute atomic E-state index is 12.6. The number of H-pyrrole nitrogens is 1. The molecule has 0 aliphatic heterocycles. The summed E-state index contributed by atoms with van der Waals surface area (Å²) >= 11 is 0. The van der Waals surface area contributed by atoms with Crippen molar-refractivity contribution in [1.82, 2.24) is 9.97 Å². The van der Waals surface area contributed by atoms with Gasteiger partial charge in [-0.25, -0.2) is 4.98 Å². The highest BCUT2D eigenvalue weighted by Gasteiger charge is 2.31. The van der Waals surface area contributed by atoms with Crippen molar-refractivity contribution >= 4 is 11.0 Å². The Hall–Kier alpha value is -1.52. The first-order chi connectivity index (χ1) is 8.24. The SMILES string of the molecule is CCC(C)(C)c1nc2ccc(C(F)(F)F)cc2[nH]1. The Labute approximate surface area is 103 Å². The fourth-order valence-corrected chi connectivity index (χ4v) is 1.67. The molecule has 0 atom stereocenters. The second kappa shape index (κ2) is 4.00. The number of benzene rings is 1. The highest BCUT2D eigenvalue weighted by Crippen LogP contribution is 2.32. The van der Waals surface area contributed by atoms with Crippen LogP contribution in [0.4, 0.5) is 13.2 Å². The van der Waals surface area contributed by atoms with E-state index in [0.29, 0.717) is 11.0 Å². The summed E-state index contributed by atoms with van der Waals surface area (Å²) in [4.78, 5) is 7.34. The smallest absolute Gasteiger partial charge is 0.342 e. The van der Waals surface area contributed by atoms with Crippen molar-refractivity contribution in [3.8, 4) is 0 Å². The third-order valence-corrected chi connectivity index (χ3v) is 3.33. The van der Waals surface area contributed by atoms with Gasteiger partial charge in [0.15, 0.2) is 0 Å². The standard InChI is InChI=1S/C13H15F3N2/c1-4-12(2,3)11-17-9-6-5-8(13(14,15)16)7-10(9)18-11/h5-7H,4H2,1-3H3,(H,17,18). The van der Waals surface area contributed by atoms with E-state index in [4.69, 9.17) is 0 Å². The number of imidazole rings is 1. The Morgan fingerprint density at radius 3 is 2.44 bits per heavy atom. The van der Waals surface area contributed by atoms with Crippen molar-refractivity contribution in [2.24, 2.45) is 0 Å². The van der Waals surface area contributed by atoms with Gasteiger partial charge in [0.1, 0.15) is 5.82 Å². The molecule has 0 aliphatic carbocycles. The molecule has 2 nitrogen and oxygen atoms in total. The molecular formula is C13H15F3N2. The van der Waals surface area contributed by atoms with E-state index in [1.54, 1.807) is 0 Å². The molecule has 0 saturated heterocycles. The number of rotatable bonds is 2. The molecule has 0 amide bonds. The van der Waals surface area contributed by atoms with Crippen LogP contribution in [0.3, 0.4) is 0 Å². The van der Waals surface area contributed by atoms with E-state index in [-0.39, 0.29) is 5.41 Å². The van der Waals surface area contributed by atoms with Gasteiger partial charge in [0, 0.05) is 5.41 Å². The monoisotopic (exact) mass is 256 g/mol. The first-order valence-electron chi connectivity index (χ1n) is 5.81. The van der Waals surface area contributed by atoms with Gasteiger partial charge < -0.3 is 4.98 Å². The summed E-state index contributed by atoms with van der Waals surface area (Å²) in [6.07, 6.45) is -3.46. The highest BCUT2D eigenvalue weighted by atomic mass is 19.4. The van der Waals surface area contributed by atoms with Gasteiger partial charge in [0.05, 0.1) is 16.6 Å². The second-order valence-corrected chi connectivity index (χ2v) is 5.05. The maximum Gasteiger partial charge on any atom is 0.416 e. The van der Waals surface area contributed by atoms with Gasteiger partial charge in [-0.05, 0) is 24.6 Å². The van der Waals surface area contributed by atoms with Crippen molar-refractivity contribution < 1.29 is 13.2 Å². The Bertz CT molecular complexity index is 567. The molecule has 0 radical (unpaired) electrons. The molecule has 1 N–H and O–H groups in total. The fraction of sp³-hybridized carbons (Fsp3) is 0.462. The van der Waals surface area contributed by atoms with Crippen molar-refractivity contribution in [3.05, 3.63) is 29.6 Å². The summed E-state index contributed by atoms with van der Waals surface area (Å²) in [6, 6.07) is 3.58. The number of alkyl halides is 3. The Morgan fingerprint density at radius 1 is 1.22 bits per heavy atom. The fourth-order valence-electron chi connectivity index (χ4n) is 1.67. The van der Waals surface area contributed by atoms with E-state index < -0.39 is 11.7 Å². The minimum absolute atomic E-state index is 0.169. The lowest BCUT2D eigenvalue weighted by atomic mass is 9.90. The predicted molar refractivity (Wildman–Crippen MR) is 64.4 cm³/mol. The third kappa shape index (κ3) is 2.21. The number of hydrogen-bond acceptors (Lipinski definition) is 1. The third-order valence-electron chi connectivity index (χ3n) is 3.33. The average Bonchev–Trinajstić information content (AvgIpc) is 2.71. The van der Waals surface area contributed by atoms with Crippen LogP contribution in [0.25, 0.3) is 11.0 Å². The highest BCUT2D eigenvalue weighted by molar-refractivity contribution is 5.76. The van der Waals surface area contributed by atoms with Crippen molar-refractivity contribution in [2.45, 2.75) is 38.8 Å². The molecular weight excluding hydrogens is 241 g/mol. The summed E-state index contributed by atoms with van der Waals surface area (Å²) in [5, 5.41) is 0. The molecule has 2 rings (SSSR count). The van der Waals surface area contributed by atoms with E-state index in [0.717, 1.165) is 24.4 Å². The van der Waals surface area contributed by atoms with Crippen LogP contribution in [0, 0.1) is 0 Å². The molecule has 18 heavy (non-hydrogen) atoms. The van der Waals surface area contributed by atoms with E-state index in [1.807, 2.05) is 20.8 Å². The lowest BCUT2D eigenvalue weighted by molar-refractivity contribution is -0.137. The van der Waals surface area contributed by atoms with Crippen LogP contribution >= 0.6 is 0 Å². The summed E-state index contributed by atoms with van der Waals surface area (Å²) in [7, 11) is 0. The minimum Gasteiger partial charge on any atom is -0.342 e. The van der Waals surface area contributed by atoms with Gasteiger partial charge in [-0.2, -0.15) is 13.2 Å². The zero-order valence-corrected chi connectivity index (χ0v) is 10.5. The molecule has 98 valence electrons. The van der Waals surface area contributed by atoms with Crippen LogP contribution in [0.2, 0.25) is 0 Å². The largest absolute Gasteiger partial charge is 0.416 e. The number of aromatic nitrogens is 2. The van der Waals surface area contributed by atoms with Gasteiger partial charge in [-0.15, -0.1) is 0 Å². The van der Waals surface area contributed by atoms with Crippen molar-refractivity contribution in [3.63, 3.8) is 0 Å². The van der Waals surface area contributed by atoms with Crippen LogP contribution in [0.1, 0.15) is 38.6 Å². The molecule has 1 heterocycles. The van der Waals surface area contributed by atoms with Crippen LogP contribution in [0.15, 0.2) is 18.2 Å². The number of aromatic amines is 1. The summed E-state index contributed by atoms with van der Waals surface area (Å²) in [5.41, 5.74) is 0.178. The molecule has 0 bridgehead atoms. The zero-order chi connectivity index (χ0) is 13.6. The quantitative estimate of drug-likeness (QED) is 0.854. The van der Waals surface area contributed by atoms with E-state index in [9.17, 15) is 13.2 Å². The molecule has 0 unspecified atom stereocenters. The van der Waals surface area contributed by atoms with Crippen molar-refractivity contribution in [2.75, 3.05) is 0 Å². The number of hydrogen-bond donors (Lipinski definition) is 1. The van der Waals surface area contributed by atoms with Crippen LogP contribution < -0.4 is 0 Å². The zero-order valence-electron chi connectivity index (χ0n) is 10.5. The first kappa shape index (κ1) is 12.9. The molecule has 1 aromatic carbocycles. The predicted octanol–water partition coefficient (Wildman–Crippen LogP) is 4.27. The molecule has 0 saturated carbocycles. The van der Waals surface area contributed by atoms with Crippen LogP contribution in [-0.4, -0.2) is 9.97 Å². The average molecular weight is 256 g/mol. The van der Waals surface area contributed by atoms with E-state index in [2.05, 4.69) is 9.97 Å². The Kier molecular flexibility index (Phi) is 2.87. The summed E-state index contributed by atoms with van der Waals surface area (Å²) < 4.78 is 37.8. The number of nitrogens with one attached hydrogen (secondary N) is 1. The first-order valence-corrected chi connectivity index (χ1v) is 5.81. The van der Waals surface area contributed by atoms with Crippen LogP contribution in [-0.2, 0) is 11.6 Å². The molecule has 1 aromatic heterocycles. The molecule has 0 fully saturated rings.